The van der Waals surface area contributed by atoms with Crippen LogP contribution in [0.1, 0.15) is 5.56 Å². The van der Waals surface area contributed by atoms with Crippen molar-refractivity contribution in [2.45, 2.75) is 4.90 Å². The lowest BCUT2D eigenvalue weighted by Crippen LogP contribution is -2.30. The van der Waals surface area contributed by atoms with Gasteiger partial charge in [0, 0.05) is 18.3 Å². The van der Waals surface area contributed by atoms with Crippen molar-refractivity contribution in [3.8, 4) is 0 Å². The third-order valence-electron chi connectivity index (χ3n) is 3.79. The van der Waals surface area contributed by atoms with Crippen LogP contribution >= 0.6 is 12.2 Å². The number of sulfonamides is 1. The maximum absolute atomic E-state index is 13.4. The maximum Gasteiger partial charge on any atom is 0.279 e. The highest BCUT2D eigenvalue weighted by molar-refractivity contribution is 7.89. The van der Waals surface area contributed by atoms with Crippen LogP contribution in [0.3, 0.4) is 0 Å². The molecule has 0 saturated carbocycles. The van der Waals surface area contributed by atoms with E-state index in [-0.39, 0.29) is 15.7 Å². The van der Waals surface area contributed by atoms with Gasteiger partial charge in [-0.15, -0.1) is 0 Å². The Morgan fingerprint density at radius 3 is 2.52 bits per heavy atom. The monoisotopic (exact) mass is 407 g/mol. The Morgan fingerprint density at radius 2 is 1.89 bits per heavy atom. The van der Waals surface area contributed by atoms with E-state index in [0.29, 0.717) is 16.9 Å². The van der Waals surface area contributed by atoms with Gasteiger partial charge in [-0.3, -0.25) is 10.2 Å². The van der Waals surface area contributed by atoms with Crippen LogP contribution in [-0.2, 0) is 14.8 Å². The quantitative estimate of drug-likeness (QED) is 0.519. The zero-order valence-electron chi connectivity index (χ0n) is 13.9. The molecule has 0 bridgehead atoms. The number of hydrogen-bond acceptors (Lipinski definition) is 5. The van der Waals surface area contributed by atoms with Crippen molar-refractivity contribution in [3.05, 3.63) is 53.8 Å². The number of carbonyl (C=O) groups excluding carboxylic acids is 1. The number of benzene rings is 2. The highest BCUT2D eigenvalue weighted by atomic mass is 32.2. The number of nitrogens with two attached hydrogens (primary N) is 1. The molecule has 0 saturated heterocycles. The zero-order chi connectivity index (χ0) is 19.8. The van der Waals surface area contributed by atoms with Gasteiger partial charge in [-0.1, -0.05) is 0 Å². The number of carbonyl (C=O) groups is 1. The molecule has 140 valence electrons. The molecule has 0 aliphatic carbocycles. The first-order valence-corrected chi connectivity index (χ1v) is 9.48. The largest absolute Gasteiger partial charge is 0.331 e. The predicted octanol–water partition coefficient (Wildman–Crippen LogP) is 1.14. The number of nitrogens with one attached hydrogen (secondary N) is 2. The molecular weight excluding hydrogens is 393 g/mol. The summed E-state index contributed by atoms with van der Waals surface area (Å²) in [6, 6.07) is 9.57. The third kappa shape index (κ3) is 3.94. The first-order valence-electron chi connectivity index (χ1n) is 7.52. The number of hydrogen-bond donors (Lipinski definition) is 3. The highest BCUT2D eigenvalue weighted by Crippen LogP contribution is 2.28. The van der Waals surface area contributed by atoms with Crippen LogP contribution in [0.5, 0.6) is 0 Å². The molecule has 1 aliphatic rings. The number of hydrazone groups is 1. The van der Waals surface area contributed by atoms with E-state index in [4.69, 9.17) is 17.4 Å². The van der Waals surface area contributed by atoms with Crippen molar-refractivity contribution in [1.29, 1.82) is 0 Å². The van der Waals surface area contributed by atoms with Crippen LogP contribution in [-0.4, -0.2) is 32.2 Å². The molecule has 0 atom stereocenters. The Kier molecular flexibility index (Phi) is 4.91. The molecule has 0 aromatic heterocycles. The van der Waals surface area contributed by atoms with Gasteiger partial charge in [0.05, 0.1) is 10.6 Å². The van der Waals surface area contributed by atoms with Crippen molar-refractivity contribution in [2.24, 2.45) is 10.2 Å². The van der Waals surface area contributed by atoms with Gasteiger partial charge in [-0.2, -0.15) is 5.10 Å². The number of rotatable bonds is 3. The number of anilines is 2. The lowest BCUT2D eigenvalue weighted by molar-refractivity contribution is -0.111. The van der Waals surface area contributed by atoms with Crippen molar-refractivity contribution in [3.63, 3.8) is 0 Å². The van der Waals surface area contributed by atoms with E-state index in [1.807, 2.05) is 0 Å². The second-order valence-electron chi connectivity index (χ2n) is 5.62. The Hall–Kier alpha value is -2.89. The normalized spacial score (nSPS) is 15.0. The van der Waals surface area contributed by atoms with Gasteiger partial charge >= 0.3 is 0 Å². The summed E-state index contributed by atoms with van der Waals surface area (Å²) < 4.78 is 35.9. The van der Waals surface area contributed by atoms with E-state index in [2.05, 4.69) is 15.8 Å². The molecule has 0 spiro atoms. The summed E-state index contributed by atoms with van der Waals surface area (Å²) in [7, 11) is -2.26. The van der Waals surface area contributed by atoms with E-state index in [1.54, 1.807) is 0 Å². The molecule has 0 radical (unpaired) electrons. The Bertz CT molecular complexity index is 1070. The van der Waals surface area contributed by atoms with E-state index in [1.165, 1.54) is 54.4 Å². The minimum absolute atomic E-state index is 0.0319. The number of halogens is 1. The number of nitrogens with zero attached hydrogens (tertiary/aromatic N) is 2. The molecule has 3 rings (SSSR count). The topological polar surface area (TPSA) is 117 Å². The molecular formula is C16H14FN5O3S2. The van der Waals surface area contributed by atoms with Gasteiger partial charge in [0.25, 0.3) is 5.91 Å². The van der Waals surface area contributed by atoms with Crippen molar-refractivity contribution in [1.82, 2.24) is 5.43 Å². The number of thiocarbonyl (C=S) groups is 1. The maximum atomic E-state index is 13.4. The first kappa shape index (κ1) is 18.9. The summed E-state index contributed by atoms with van der Waals surface area (Å²) in [5.74, 6) is -0.855. The molecule has 27 heavy (non-hydrogen) atoms. The predicted molar refractivity (Wildman–Crippen MR) is 104 cm³/mol. The van der Waals surface area contributed by atoms with E-state index >= 15 is 0 Å². The Morgan fingerprint density at radius 1 is 1.22 bits per heavy atom. The fourth-order valence-electron chi connectivity index (χ4n) is 2.47. The van der Waals surface area contributed by atoms with Crippen LogP contribution in [0.4, 0.5) is 15.8 Å². The standard InChI is InChI=1S/C16H14FN5O3S2/c1-22-13-8-9(17)2-7-12(13)14(15(22)23)20-21-16(26)19-10-3-5-11(6-4-10)27(18,24)25/h2-8H,1H3,(H2,18,24,25)(H2,19,21,26). The van der Waals surface area contributed by atoms with Crippen LogP contribution < -0.4 is 20.8 Å². The van der Waals surface area contributed by atoms with Crippen molar-refractivity contribution >= 4 is 50.3 Å². The summed E-state index contributed by atoms with van der Waals surface area (Å²) in [5.41, 5.74) is 4.04. The van der Waals surface area contributed by atoms with E-state index < -0.39 is 21.7 Å². The zero-order valence-corrected chi connectivity index (χ0v) is 15.6. The molecule has 2 aromatic rings. The number of primary sulfonamides is 1. The average Bonchev–Trinajstić information content (AvgIpc) is 2.83. The molecule has 0 fully saturated rings. The van der Waals surface area contributed by atoms with Gasteiger partial charge in [0.2, 0.25) is 10.0 Å². The molecule has 8 nitrogen and oxygen atoms in total. The fourth-order valence-corrected chi connectivity index (χ4v) is 3.15. The lowest BCUT2D eigenvalue weighted by atomic mass is 10.1. The van der Waals surface area contributed by atoms with Crippen LogP contribution in [0.25, 0.3) is 0 Å². The van der Waals surface area contributed by atoms with Gasteiger partial charge in [0.15, 0.2) is 10.8 Å². The summed E-state index contributed by atoms with van der Waals surface area (Å²) in [5, 5.41) is 11.9. The fraction of sp³-hybridized carbons (Fsp3) is 0.0625. The van der Waals surface area contributed by atoms with Crippen LogP contribution in [0, 0.1) is 5.82 Å². The molecule has 2 aromatic carbocycles. The second-order valence-corrected chi connectivity index (χ2v) is 7.59. The Balaban J connectivity index is 1.73. The van der Waals surface area contributed by atoms with Crippen LogP contribution in [0.2, 0.25) is 0 Å². The summed E-state index contributed by atoms with van der Waals surface area (Å²) in [6.07, 6.45) is 0. The molecule has 1 amide bonds. The number of fused-ring (bicyclic) bond motifs is 1. The molecule has 11 heteroatoms. The minimum atomic E-state index is -3.78. The number of amides is 1. The van der Waals surface area contributed by atoms with E-state index in [0.717, 1.165) is 0 Å². The first-order chi connectivity index (χ1) is 12.7. The molecule has 1 aliphatic heterocycles. The SMILES string of the molecule is CN1C(=O)C(=NNC(=S)Nc2ccc(S(N)(=O)=O)cc2)c2ccc(F)cc21. The molecule has 0 unspecified atom stereocenters. The number of likely N-dealkylation sites (N-methyl/N-ethyl adjacent to an activating group) is 1. The molecule has 1 heterocycles. The van der Waals surface area contributed by atoms with Crippen LogP contribution in [0.15, 0.2) is 52.5 Å². The summed E-state index contributed by atoms with van der Waals surface area (Å²) in [6.45, 7) is 0. The lowest BCUT2D eigenvalue weighted by Gasteiger charge is -2.08. The average molecular weight is 407 g/mol. The minimum Gasteiger partial charge on any atom is -0.331 e. The van der Waals surface area contributed by atoms with Gasteiger partial charge in [0.1, 0.15) is 5.82 Å². The second kappa shape index (κ2) is 7.02. The summed E-state index contributed by atoms with van der Waals surface area (Å²) >= 11 is 5.11. The van der Waals surface area contributed by atoms with Gasteiger partial charge < -0.3 is 10.2 Å². The van der Waals surface area contributed by atoms with E-state index in [9.17, 15) is 17.6 Å². The van der Waals surface area contributed by atoms with Gasteiger partial charge in [-0.05, 0) is 54.7 Å². The van der Waals surface area contributed by atoms with Crippen molar-refractivity contribution < 1.29 is 17.6 Å². The Labute approximate surface area is 159 Å². The van der Waals surface area contributed by atoms with Gasteiger partial charge in [-0.25, -0.2) is 17.9 Å². The smallest absolute Gasteiger partial charge is 0.279 e. The summed E-state index contributed by atoms with van der Waals surface area (Å²) in [4.78, 5) is 13.5. The highest BCUT2D eigenvalue weighted by Gasteiger charge is 2.32. The van der Waals surface area contributed by atoms with Crippen molar-refractivity contribution in [2.75, 3.05) is 17.3 Å². The molecule has 4 N–H and O–H groups in total. The third-order valence-corrected chi connectivity index (χ3v) is 4.92.